The number of nitrogens with one attached hydrogen (secondary N) is 1. The second kappa shape index (κ2) is 50.6. The molecule has 1 fully saturated rings. The highest BCUT2D eigenvalue weighted by molar-refractivity contribution is 5.80. The van der Waals surface area contributed by atoms with Gasteiger partial charge in [0.1, 0.15) is 36.6 Å². The number of allylic oxidation sites excluding steroid dienone is 10. The summed E-state index contributed by atoms with van der Waals surface area (Å²) >= 11 is 0. The summed E-state index contributed by atoms with van der Waals surface area (Å²) in [4.78, 5) is 13.1. The summed E-state index contributed by atoms with van der Waals surface area (Å²) in [6.07, 6.45) is 54.5. The number of aliphatic hydroxyl groups excluding tert-OH is 7. The van der Waals surface area contributed by atoms with Crippen molar-refractivity contribution in [3.05, 3.63) is 60.8 Å². The molecule has 1 heterocycles. The van der Waals surface area contributed by atoms with Gasteiger partial charge in [-0.1, -0.05) is 229 Å². The predicted molar refractivity (Wildman–Crippen MR) is 302 cm³/mol. The molecule has 8 N–H and O–H groups in total. The van der Waals surface area contributed by atoms with Crippen LogP contribution in [0.1, 0.15) is 258 Å². The van der Waals surface area contributed by atoms with Crippen LogP contribution in [-0.2, 0) is 14.3 Å². The lowest BCUT2D eigenvalue weighted by Crippen LogP contribution is -2.60. The zero-order valence-electron chi connectivity index (χ0n) is 46.6. The molecule has 9 atom stereocenters. The van der Waals surface area contributed by atoms with Crippen LogP contribution in [0.4, 0.5) is 0 Å². The summed E-state index contributed by atoms with van der Waals surface area (Å²) in [7, 11) is 0. The molecule has 0 aromatic carbocycles. The molecule has 1 aliphatic rings. The van der Waals surface area contributed by atoms with Gasteiger partial charge in [-0.25, -0.2) is 0 Å². The lowest BCUT2D eigenvalue weighted by molar-refractivity contribution is -0.303. The first-order valence-electron chi connectivity index (χ1n) is 30.2. The summed E-state index contributed by atoms with van der Waals surface area (Å²) < 4.78 is 11.1. The smallest absolute Gasteiger partial charge is 0.249 e. The van der Waals surface area contributed by atoms with Gasteiger partial charge >= 0.3 is 0 Å². The molecular weight excluding hydrogens is 919 g/mol. The standard InChI is InChI=1S/C62H113NO10/c1-3-5-7-9-11-13-15-17-19-20-21-22-23-24-25-26-27-28-29-30-31-32-33-34-35-36-38-39-41-43-45-47-49-54(65)57(67)53(52-72-62-60(70)59(69)58(68)56(51-64)73-62)63-61(71)55(66)50-48-46-44-42-40-37-18-16-14-12-10-8-6-4-2/h12,14,16,18,31-32,35-36,41,43,53-60,62,64-70H,3-11,13,15,17,19-30,33-34,37-40,42,44-52H2,1-2H3,(H,63,71)/b14-12-,18-16-,32-31+,36-35+,43-41+. The van der Waals surface area contributed by atoms with Gasteiger partial charge in [-0.15, -0.1) is 0 Å². The number of ether oxygens (including phenoxy) is 2. The number of carbonyl (C=O) groups excluding carboxylic acids is 1. The van der Waals surface area contributed by atoms with Gasteiger partial charge in [0.2, 0.25) is 5.91 Å². The summed E-state index contributed by atoms with van der Waals surface area (Å²) in [5, 5.41) is 76.0. The lowest BCUT2D eigenvalue weighted by Gasteiger charge is -2.40. The van der Waals surface area contributed by atoms with E-state index in [0.29, 0.717) is 19.3 Å². The summed E-state index contributed by atoms with van der Waals surface area (Å²) in [5.41, 5.74) is 0. The van der Waals surface area contributed by atoms with Crippen LogP contribution in [-0.4, -0.2) is 110 Å². The molecule has 0 aromatic rings. The third-order valence-electron chi connectivity index (χ3n) is 14.3. The van der Waals surface area contributed by atoms with Crippen LogP contribution in [0.3, 0.4) is 0 Å². The van der Waals surface area contributed by atoms with E-state index >= 15 is 0 Å². The lowest BCUT2D eigenvalue weighted by atomic mass is 9.98. The average Bonchev–Trinajstić information content (AvgIpc) is 3.39. The SMILES string of the molecule is CCCCC/C=C\C=C/CCCCCCCC(O)C(=O)NC(COC1OC(CO)C(O)C(O)C1O)C(O)C(O)CCC/C=C/CC/C=C/CC/C=C/CCCCCCCCCCCCCCCCCCCCC. The number of unbranched alkanes of at least 4 members (excludes halogenated alkanes) is 30. The van der Waals surface area contributed by atoms with E-state index in [0.717, 1.165) is 64.2 Å². The molecule has 0 radical (unpaired) electrons. The Labute approximate surface area is 446 Å². The minimum Gasteiger partial charge on any atom is -0.394 e. The maximum absolute atomic E-state index is 13.1. The molecule has 0 aromatic heterocycles. The van der Waals surface area contributed by atoms with Gasteiger partial charge < -0.3 is 50.5 Å². The Morgan fingerprint density at radius 2 is 0.863 bits per heavy atom. The third kappa shape index (κ3) is 38.9. The van der Waals surface area contributed by atoms with Gasteiger partial charge in [-0.2, -0.15) is 0 Å². The Balaban J connectivity index is 2.28. The molecular formula is C62H113NO10. The van der Waals surface area contributed by atoms with E-state index in [-0.39, 0.29) is 12.8 Å². The minimum absolute atomic E-state index is 0.229. The Hall–Kier alpha value is -2.19. The Morgan fingerprint density at radius 1 is 0.479 bits per heavy atom. The van der Waals surface area contributed by atoms with Crippen LogP contribution in [0.25, 0.3) is 0 Å². The molecule has 0 saturated carbocycles. The predicted octanol–water partition coefficient (Wildman–Crippen LogP) is 13.0. The number of rotatable bonds is 51. The van der Waals surface area contributed by atoms with Crippen molar-refractivity contribution in [1.82, 2.24) is 5.32 Å². The Bertz CT molecular complexity index is 1370. The molecule has 1 amide bonds. The van der Waals surface area contributed by atoms with Crippen molar-refractivity contribution in [3.63, 3.8) is 0 Å². The van der Waals surface area contributed by atoms with Crippen LogP contribution < -0.4 is 5.32 Å². The van der Waals surface area contributed by atoms with Gasteiger partial charge in [0.05, 0.1) is 25.4 Å². The zero-order valence-corrected chi connectivity index (χ0v) is 46.6. The first kappa shape index (κ1) is 68.8. The fraction of sp³-hybridized carbons (Fsp3) is 0.823. The first-order chi connectivity index (χ1) is 35.7. The van der Waals surface area contributed by atoms with Crippen molar-refractivity contribution in [3.8, 4) is 0 Å². The fourth-order valence-corrected chi connectivity index (χ4v) is 9.35. The maximum Gasteiger partial charge on any atom is 0.249 e. The van der Waals surface area contributed by atoms with Crippen molar-refractivity contribution in [2.24, 2.45) is 0 Å². The van der Waals surface area contributed by atoms with E-state index in [9.17, 15) is 40.5 Å². The van der Waals surface area contributed by atoms with Crippen molar-refractivity contribution in [2.45, 2.75) is 313 Å². The van der Waals surface area contributed by atoms with Crippen molar-refractivity contribution in [2.75, 3.05) is 13.2 Å². The van der Waals surface area contributed by atoms with Crippen LogP contribution >= 0.6 is 0 Å². The molecule has 9 unspecified atom stereocenters. The number of hydrogen-bond acceptors (Lipinski definition) is 10. The van der Waals surface area contributed by atoms with E-state index in [1.165, 1.54) is 148 Å². The molecule has 1 aliphatic heterocycles. The van der Waals surface area contributed by atoms with Gasteiger partial charge in [0.25, 0.3) is 0 Å². The molecule has 1 rings (SSSR count). The quantitative estimate of drug-likeness (QED) is 0.0165. The summed E-state index contributed by atoms with van der Waals surface area (Å²) in [6, 6.07) is -1.20. The second-order valence-electron chi connectivity index (χ2n) is 21.1. The number of carbonyl (C=O) groups is 1. The van der Waals surface area contributed by atoms with Crippen molar-refractivity contribution < 1.29 is 50.0 Å². The molecule has 0 spiro atoms. The molecule has 1 saturated heterocycles. The van der Waals surface area contributed by atoms with E-state index < -0.39 is 74.2 Å². The fourth-order valence-electron chi connectivity index (χ4n) is 9.35. The van der Waals surface area contributed by atoms with E-state index in [1.54, 1.807) is 0 Å². The van der Waals surface area contributed by atoms with E-state index in [2.05, 4.69) is 79.9 Å². The van der Waals surface area contributed by atoms with Crippen LogP contribution in [0.2, 0.25) is 0 Å². The van der Waals surface area contributed by atoms with Crippen LogP contribution in [0.15, 0.2) is 60.8 Å². The summed E-state index contributed by atoms with van der Waals surface area (Å²) in [5.74, 6) is -0.726. The van der Waals surface area contributed by atoms with Gasteiger partial charge in [0, 0.05) is 0 Å². The van der Waals surface area contributed by atoms with E-state index in [4.69, 9.17) is 9.47 Å². The van der Waals surface area contributed by atoms with Crippen LogP contribution in [0, 0.1) is 0 Å². The molecule has 11 heteroatoms. The third-order valence-corrected chi connectivity index (χ3v) is 14.3. The van der Waals surface area contributed by atoms with Crippen molar-refractivity contribution >= 4 is 5.91 Å². The van der Waals surface area contributed by atoms with Gasteiger partial charge in [-0.05, 0) is 89.9 Å². The average molecular weight is 1030 g/mol. The normalized spacial score (nSPS) is 20.4. The highest BCUT2D eigenvalue weighted by Crippen LogP contribution is 2.23. The van der Waals surface area contributed by atoms with Gasteiger partial charge in [-0.3, -0.25) is 4.79 Å². The number of hydrogen-bond donors (Lipinski definition) is 8. The van der Waals surface area contributed by atoms with Gasteiger partial charge in [0.15, 0.2) is 6.29 Å². The van der Waals surface area contributed by atoms with Crippen LogP contribution in [0.5, 0.6) is 0 Å². The maximum atomic E-state index is 13.1. The molecule has 0 bridgehead atoms. The zero-order chi connectivity index (χ0) is 53.3. The largest absolute Gasteiger partial charge is 0.394 e. The summed E-state index contributed by atoms with van der Waals surface area (Å²) in [6.45, 7) is 3.40. The second-order valence-corrected chi connectivity index (χ2v) is 21.1. The van der Waals surface area contributed by atoms with Crippen molar-refractivity contribution in [1.29, 1.82) is 0 Å². The highest BCUT2D eigenvalue weighted by Gasteiger charge is 2.44. The Morgan fingerprint density at radius 3 is 1.33 bits per heavy atom. The minimum atomic E-state index is -1.68. The topological polar surface area (TPSA) is 189 Å². The highest BCUT2D eigenvalue weighted by atomic mass is 16.7. The molecule has 11 nitrogen and oxygen atoms in total. The number of aliphatic hydroxyl groups is 7. The molecule has 0 aliphatic carbocycles. The molecule has 73 heavy (non-hydrogen) atoms. The van der Waals surface area contributed by atoms with E-state index in [1.807, 2.05) is 0 Å². The monoisotopic (exact) mass is 1030 g/mol. The first-order valence-corrected chi connectivity index (χ1v) is 30.2. The Kier molecular flexibility index (Phi) is 47.7. The number of amides is 1. The molecule has 426 valence electrons.